The highest BCUT2D eigenvalue weighted by molar-refractivity contribution is 5.78. The highest BCUT2D eigenvalue weighted by Gasteiger charge is 2.38. The number of aliphatic hydroxyl groups is 1. The van der Waals surface area contributed by atoms with Crippen LogP contribution in [0.1, 0.15) is 44.2 Å². The van der Waals surface area contributed by atoms with Gasteiger partial charge >= 0.3 is 0 Å². The number of rotatable bonds is 7. The maximum Gasteiger partial charge on any atom is 0.223 e. The summed E-state index contributed by atoms with van der Waals surface area (Å²) < 4.78 is 10.6. The number of nitrogens with one attached hydrogen (secondary N) is 1. The third kappa shape index (κ3) is 3.44. The zero-order valence-electron chi connectivity index (χ0n) is 14.4. The van der Waals surface area contributed by atoms with Gasteiger partial charge in [-0.2, -0.15) is 0 Å². The standard InChI is InChI=1S/C18H27NO4/c1-5-12(6-2)17(20)19-11-18(21)8-7-13-9-15(22-3)16(23-4)10-14(13)18/h9-10,12,21H,5-8,11H2,1-4H3,(H,19,20). The molecule has 0 aliphatic heterocycles. The molecule has 128 valence electrons. The Morgan fingerprint density at radius 3 is 2.43 bits per heavy atom. The number of carbonyl (C=O) groups is 1. The Balaban J connectivity index is 2.18. The van der Waals surface area contributed by atoms with Crippen molar-refractivity contribution < 1.29 is 19.4 Å². The van der Waals surface area contributed by atoms with Crippen LogP contribution in [0.5, 0.6) is 11.5 Å². The summed E-state index contributed by atoms with van der Waals surface area (Å²) in [4.78, 5) is 12.2. The molecule has 0 bridgehead atoms. The minimum Gasteiger partial charge on any atom is -0.493 e. The van der Waals surface area contributed by atoms with Gasteiger partial charge < -0.3 is 19.9 Å². The van der Waals surface area contributed by atoms with E-state index in [4.69, 9.17) is 9.47 Å². The van der Waals surface area contributed by atoms with Crippen LogP contribution in [-0.2, 0) is 16.8 Å². The number of aryl methyl sites for hydroxylation is 1. The molecule has 0 radical (unpaired) electrons. The molecule has 5 heteroatoms. The monoisotopic (exact) mass is 321 g/mol. The molecule has 0 saturated carbocycles. The van der Waals surface area contributed by atoms with E-state index in [1.807, 2.05) is 26.0 Å². The Labute approximate surface area is 138 Å². The van der Waals surface area contributed by atoms with Crippen LogP contribution in [0.3, 0.4) is 0 Å². The molecule has 5 nitrogen and oxygen atoms in total. The SMILES string of the molecule is CCC(CC)C(=O)NCC1(O)CCc2cc(OC)c(OC)cc21. The third-order valence-electron chi connectivity index (χ3n) is 4.83. The quantitative estimate of drug-likeness (QED) is 0.809. The van der Waals surface area contributed by atoms with E-state index in [2.05, 4.69) is 5.32 Å². The molecular formula is C18H27NO4. The molecule has 1 aromatic carbocycles. The van der Waals surface area contributed by atoms with Crippen LogP contribution in [0, 0.1) is 5.92 Å². The molecule has 0 spiro atoms. The molecule has 1 aliphatic rings. The number of methoxy groups -OCH3 is 2. The Hall–Kier alpha value is -1.75. The average Bonchev–Trinajstić information content (AvgIpc) is 2.89. The fourth-order valence-electron chi connectivity index (χ4n) is 3.26. The lowest BCUT2D eigenvalue weighted by atomic mass is 9.94. The Morgan fingerprint density at radius 1 is 1.26 bits per heavy atom. The summed E-state index contributed by atoms with van der Waals surface area (Å²) in [5, 5.41) is 13.9. The van der Waals surface area contributed by atoms with Gasteiger partial charge in [-0.3, -0.25) is 4.79 Å². The second-order valence-corrected chi connectivity index (χ2v) is 6.13. The van der Waals surface area contributed by atoms with E-state index in [0.29, 0.717) is 17.9 Å². The maximum atomic E-state index is 12.2. The number of hydrogen-bond acceptors (Lipinski definition) is 4. The van der Waals surface area contributed by atoms with Gasteiger partial charge in [0.05, 0.1) is 20.8 Å². The van der Waals surface area contributed by atoms with Crippen molar-refractivity contribution >= 4 is 5.91 Å². The molecule has 1 aliphatic carbocycles. The topological polar surface area (TPSA) is 67.8 Å². The zero-order chi connectivity index (χ0) is 17.0. The number of hydrogen-bond donors (Lipinski definition) is 2. The minimum absolute atomic E-state index is 0.00452. The molecule has 1 aromatic rings. The van der Waals surface area contributed by atoms with Crippen LogP contribution in [0.2, 0.25) is 0 Å². The lowest BCUT2D eigenvalue weighted by molar-refractivity contribution is -0.126. The lowest BCUT2D eigenvalue weighted by Crippen LogP contribution is -2.41. The molecule has 2 N–H and O–H groups in total. The van der Waals surface area contributed by atoms with Crippen molar-refractivity contribution in [3.63, 3.8) is 0 Å². The largest absolute Gasteiger partial charge is 0.493 e. The van der Waals surface area contributed by atoms with Gasteiger partial charge in [0, 0.05) is 5.92 Å². The molecule has 0 heterocycles. The van der Waals surface area contributed by atoms with Crippen LogP contribution in [0.15, 0.2) is 12.1 Å². The van der Waals surface area contributed by atoms with Crippen LogP contribution >= 0.6 is 0 Å². The maximum absolute atomic E-state index is 12.2. The predicted molar refractivity (Wildman–Crippen MR) is 88.8 cm³/mol. The van der Waals surface area contributed by atoms with Crippen molar-refractivity contribution in [2.75, 3.05) is 20.8 Å². The van der Waals surface area contributed by atoms with Gasteiger partial charge in [0.15, 0.2) is 11.5 Å². The lowest BCUT2D eigenvalue weighted by Gasteiger charge is -2.26. The van der Waals surface area contributed by atoms with Crippen LogP contribution in [0.25, 0.3) is 0 Å². The van der Waals surface area contributed by atoms with Crippen molar-refractivity contribution in [1.29, 1.82) is 0 Å². The Kier molecular flexibility index (Phi) is 5.52. The summed E-state index contributed by atoms with van der Waals surface area (Å²) in [6, 6.07) is 3.74. The van der Waals surface area contributed by atoms with Gasteiger partial charge in [-0.15, -0.1) is 0 Å². The Morgan fingerprint density at radius 2 is 1.87 bits per heavy atom. The first kappa shape index (κ1) is 17.6. The van der Waals surface area contributed by atoms with Crippen molar-refractivity contribution in [3.8, 4) is 11.5 Å². The fourth-order valence-corrected chi connectivity index (χ4v) is 3.26. The molecule has 23 heavy (non-hydrogen) atoms. The van der Waals surface area contributed by atoms with Crippen molar-refractivity contribution in [3.05, 3.63) is 23.3 Å². The summed E-state index contributed by atoms with van der Waals surface area (Å²) in [6.45, 7) is 4.24. The smallest absolute Gasteiger partial charge is 0.223 e. The van der Waals surface area contributed by atoms with Gasteiger partial charge in [-0.25, -0.2) is 0 Å². The van der Waals surface area contributed by atoms with Gasteiger partial charge in [0.25, 0.3) is 0 Å². The minimum atomic E-state index is -1.05. The normalized spacial score (nSPS) is 19.6. The first-order valence-corrected chi connectivity index (χ1v) is 8.24. The van der Waals surface area contributed by atoms with Gasteiger partial charge in [0.1, 0.15) is 5.60 Å². The summed E-state index contributed by atoms with van der Waals surface area (Å²) in [5.41, 5.74) is 0.818. The number of fused-ring (bicyclic) bond motifs is 1. The van der Waals surface area contributed by atoms with Crippen molar-refractivity contribution in [2.45, 2.75) is 45.1 Å². The second kappa shape index (κ2) is 7.21. The van der Waals surface area contributed by atoms with Crippen molar-refractivity contribution in [2.24, 2.45) is 5.92 Å². The van der Waals surface area contributed by atoms with E-state index >= 15 is 0 Å². The third-order valence-corrected chi connectivity index (χ3v) is 4.83. The highest BCUT2D eigenvalue weighted by atomic mass is 16.5. The first-order valence-electron chi connectivity index (χ1n) is 8.24. The van der Waals surface area contributed by atoms with E-state index in [0.717, 1.165) is 30.4 Å². The first-order chi connectivity index (χ1) is 11.0. The van der Waals surface area contributed by atoms with Crippen LogP contribution in [-0.4, -0.2) is 31.8 Å². The second-order valence-electron chi connectivity index (χ2n) is 6.13. The van der Waals surface area contributed by atoms with E-state index in [-0.39, 0.29) is 18.4 Å². The number of ether oxygens (including phenoxy) is 2. The van der Waals surface area contributed by atoms with E-state index in [1.54, 1.807) is 14.2 Å². The van der Waals surface area contributed by atoms with E-state index < -0.39 is 5.60 Å². The average molecular weight is 321 g/mol. The number of benzene rings is 1. The molecule has 1 amide bonds. The summed E-state index contributed by atoms with van der Waals surface area (Å²) >= 11 is 0. The van der Waals surface area contributed by atoms with Crippen LogP contribution < -0.4 is 14.8 Å². The van der Waals surface area contributed by atoms with Crippen molar-refractivity contribution in [1.82, 2.24) is 5.32 Å². The molecule has 0 aromatic heterocycles. The molecule has 0 fully saturated rings. The number of amides is 1. The van der Waals surface area contributed by atoms with E-state index in [1.165, 1.54) is 0 Å². The predicted octanol–water partition coefficient (Wildman–Crippen LogP) is 2.39. The van der Waals surface area contributed by atoms with Crippen LogP contribution in [0.4, 0.5) is 0 Å². The summed E-state index contributed by atoms with van der Waals surface area (Å²) in [6.07, 6.45) is 2.96. The summed E-state index contributed by atoms with van der Waals surface area (Å²) in [5.74, 6) is 1.27. The molecule has 0 saturated heterocycles. The summed E-state index contributed by atoms with van der Waals surface area (Å²) in [7, 11) is 3.17. The highest BCUT2D eigenvalue weighted by Crippen LogP contribution is 2.42. The Bertz CT molecular complexity index is 568. The molecule has 1 atom stereocenters. The molecule has 1 unspecified atom stereocenters. The fraction of sp³-hybridized carbons (Fsp3) is 0.611. The van der Waals surface area contributed by atoms with Gasteiger partial charge in [0.2, 0.25) is 5.91 Å². The zero-order valence-corrected chi connectivity index (χ0v) is 14.4. The van der Waals surface area contributed by atoms with Gasteiger partial charge in [-0.05, 0) is 48.9 Å². The molecular weight excluding hydrogens is 294 g/mol. The number of carbonyl (C=O) groups excluding carboxylic acids is 1. The van der Waals surface area contributed by atoms with E-state index in [9.17, 15) is 9.90 Å². The molecule has 2 rings (SSSR count). The van der Waals surface area contributed by atoms with Gasteiger partial charge in [-0.1, -0.05) is 13.8 Å².